The zero-order chi connectivity index (χ0) is 22.4. The number of carbonyl (C=O) groups excluding carboxylic acids is 1. The highest BCUT2D eigenvalue weighted by Crippen LogP contribution is 2.46. The fourth-order valence-electron chi connectivity index (χ4n) is 2.99. The van der Waals surface area contributed by atoms with Gasteiger partial charge in [0.1, 0.15) is 7.34 Å². The lowest BCUT2D eigenvalue weighted by Gasteiger charge is -2.24. The van der Waals surface area contributed by atoms with Gasteiger partial charge in [0.25, 0.3) is 5.91 Å². The fourth-order valence-corrected chi connectivity index (χ4v) is 4.80. The lowest BCUT2D eigenvalue weighted by molar-refractivity contribution is 0.102. The van der Waals surface area contributed by atoms with E-state index in [2.05, 4.69) is 21.6 Å². The number of rotatable bonds is 8. The van der Waals surface area contributed by atoms with E-state index in [1.807, 2.05) is 57.2 Å². The van der Waals surface area contributed by atoms with Crippen LogP contribution < -0.4 is 16.4 Å². The Morgan fingerprint density at radius 1 is 1.06 bits per heavy atom. The van der Waals surface area contributed by atoms with E-state index in [0.29, 0.717) is 24.6 Å². The minimum atomic E-state index is -2.39. The second-order valence-corrected chi connectivity index (χ2v) is 9.24. The largest absolute Gasteiger partial charge is 0.382 e. The van der Waals surface area contributed by atoms with Crippen molar-refractivity contribution in [2.45, 2.75) is 20.8 Å². The Labute approximate surface area is 182 Å². The smallest absolute Gasteiger partial charge is 0.278 e. The molecule has 0 atom stereocenters. The molecule has 1 heterocycles. The number of hydrogen-bond acceptors (Lipinski definition) is 6. The number of aryl methyl sites for hydroxylation is 1. The standard InChI is InChI=1S/C23H27N4O3P/c1-5-29-31(4,30-6-2)19-13-11-18(12-14-19)26-23(28)21-22(24)25-15-20(27-21)17-9-7-16(3)8-10-17/h7-15H,4-6H2,1-3H3,(H2,24,25)(H,26,28). The summed E-state index contributed by atoms with van der Waals surface area (Å²) in [5.74, 6) is -0.364. The maximum atomic E-state index is 12.8. The molecule has 3 aromatic rings. The first-order valence-electron chi connectivity index (χ1n) is 10.00. The first-order chi connectivity index (χ1) is 14.9. The molecule has 2 aromatic carbocycles. The summed E-state index contributed by atoms with van der Waals surface area (Å²) in [4.78, 5) is 21.4. The average molecular weight is 438 g/mol. The van der Waals surface area contributed by atoms with E-state index in [-0.39, 0.29) is 11.5 Å². The van der Waals surface area contributed by atoms with Crippen LogP contribution in [-0.2, 0) is 9.05 Å². The van der Waals surface area contributed by atoms with Crippen LogP contribution in [0.15, 0.2) is 54.7 Å². The summed E-state index contributed by atoms with van der Waals surface area (Å²) in [5, 5.41) is 3.67. The van der Waals surface area contributed by atoms with Crippen molar-refractivity contribution in [2.75, 3.05) is 24.3 Å². The molecule has 0 bridgehead atoms. The molecule has 0 aliphatic rings. The van der Waals surface area contributed by atoms with Crippen molar-refractivity contribution < 1.29 is 13.8 Å². The van der Waals surface area contributed by atoms with Crippen LogP contribution in [-0.4, -0.2) is 35.4 Å². The van der Waals surface area contributed by atoms with Crippen molar-refractivity contribution in [3.05, 3.63) is 66.0 Å². The molecule has 0 radical (unpaired) electrons. The van der Waals surface area contributed by atoms with Crippen molar-refractivity contribution in [1.82, 2.24) is 9.97 Å². The molecule has 0 saturated heterocycles. The summed E-state index contributed by atoms with van der Waals surface area (Å²) in [6.45, 7) is 6.83. The molecule has 162 valence electrons. The van der Waals surface area contributed by atoms with Gasteiger partial charge in [-0.2, -0.15) is 0 Å². The van der Waals surface area contributed by atoms with Crippen LogP contribution in [0.25, 0.3) is 11.3 Å². The molecule has 0 aliphatic heterocycles. The lowest BCUT2D eigenvalue weighted by atomic mass is 10.1. The van der Waals surface area contributed by atoms with E-state index in [1.54, 1.807) is 18.3 Å². The van der Waals surface area contributed by atoms with Crippen molar-refractivity contribution in [2.24, 2.45) is 0 Å². The van der Waals surface area contributed by atoms with Crippen LogP contribution in [0.4, 0.5) is 11.5 Å². The van der Waals surface area contributed by atoms with Gasteiger partial charge in [0, 0.05) is 16.6 Å². The van der Waals surface area contributed by atoms with Crippen LogP contribution in [0.1, 0.15) is 29.9 Å². The molecular formula is C23H27N4O3P. The Kier molecular flexibility index (Phi) is 7.23. The minimum Gasteiger partial charge on any atom is -0.382 e. The Balaban J connectivity index is 1.81. The second kappa shape index (κ2) is 9.88. The Hall–Kier alpha value is -2.99. The third-order valence-corrected chi connectivity index (χ3v) is 6.99. The molecule has 0 spiro atoms. The van der Waals surface area contributed by atoms with Crippen molar-refractivity contribution >= 4 is 36.4 Å². The number of carbonyl (C=O) groups is 1. The highest BCUT2D eigenvalue weighted by Gasteiger charge is 2.19. The summed E-state index contributed by atoms with van der Waals surface area (Å²) in [5.41, 5.74) is 9.16. The molecule has 0 fully saturated rings. The van der Waals surface area contributed by atoms with Gasteiger partial charge in [-0.25, -0.2) is 9.97 Å². The highest BCUT2D eigenvalue weighted by molar-refractivity contribution is 7.72. The number of benzene rings is 2. The number of aromatic nitrogens is 2. The molecule has 3 N–H and O–H groups in total. The quantitative estimate of drug-likeness (QED) is 0.510. The number of nitrogens with two attached hydrogens (primary N) is 1. The van der Waals surface area contributed by atoms with Crippen LogP contribution in [0.5, 0.6) is 0 Å². The van der Waals surface area contributed by atoms with Gasteiger partial charge in [0.05, 0.1) is 25.1 Å². The van der Waals surface area contributed by atoms with Crippen LogP contribution in [0, 0.1) is 6.92 Å². The maximum absolute atomic E-state index is 12.8. The summed E-state index contributed by atoms with van der Waals surface area (Å²) in [6.07, 6.45) is 5.72. The van der Waals surface area contributed by atoms with E-state index in [1.165, 1.54) is 0 Å². The molecule has 3 rings (SSSR count). The van der Waals surface area contributed by atoms with E-state index < -0.39 is 13.2 Å². The summed E-state index contributed by atoms with van der Waals surface area (Å²) < 4.78 is 11.6. The summed E-state index contributed by atoms with van der Waals surface area (Å²) in [7, 11) is -2.39. The average Bonchev–Trinajstić information content (AvgIpc) is 2.75. The Morgan fingerprint density at radius 3 is 2.26 bits per heavy atom. The van der Waals surface area contributed by atoms with Gasteiger partial charge in [0.15, 0.2) is 11.5 Å². The SMILES string of the molecule is C=P(OCC)(OCC)c1ccc(NC(=O)c2nc(-c3ccc(C)cc3)cnc2N)cc1. The number of anilines is 2. The monoisotopic (exact) mass is 438 g/mol. The normalized spacial score (nSPS) is 11.3. The van der Waals surface area contributed by atoms with Gasteiger partial charge in [-0.15, -0.1) is 0 Å². The minimum absolute atomic E-state index is 0.0698. The molecule has 1 amide bonds. The third-order valence-electron chi connectivity index (χ3n) is 4.56. The topological polar surface area (TPSA) is 99.4 Å². The molecule has 0 aliphatic carbocycles. The first-order valence-corrected chi connectivity index (χ1v) is 11.8. The molecule has 0 unspecified atom stereocenters. The van der Waals surface area contributed by atoms with E-state index in [9.17, 15) is 4.79 Å². The zero-order valence-electron chi connectivity index (χ0n) is 18.0. The molecule has 8 heteroatoms. The Bertz CT molecular complexity index is 1090. The van der Waals surface area contributed by atoms with Gasteiger partial charge in [-0.1, -0.05) is 29.8 Å². The number of hydrogen-bond donors (Lipinski definition) is 2. The summed E-state index contributed by atoms with van der Waals surface area (Å²) in [6, 6.07) is 15.1. The zero-order valence-corrected chi connectivity index (χ0v) is 18.9. The van der Waals surface area contributed by atoms with Gasteiger partial charge in [0.2, 0.25) is 0 Å². The number of nitrogens with zero attached hydrogens (tertiary/aromatic N) is 2. The molecular weight excluding hydrogens is 411 g/mol. The predicted octanol–water partition coefficient (Wildman–Crippen LogP) is 4.26. The van der Waals surface area contributed by atoms with Gasteiger partial charge >= 0.3 is 0 Å². The Morgan fingerprint density at radius 2 is 1.68 bits per heavy atom. The summed E-state index contributed by atoms with van der Waals surface area (Å²) >= 11 is 0. The highest BCUT2D eigenvalue weighted by atomic mass is 31.2. The van der Waals surface area contributed by atoms with Gasteiger partial charge in [-0.05, 0) is 51.3 Å². The number of amides is 1. The van der Waals surface area contributed by atoms with Gasteiger partial charge in [-0.3, -0.25) is 4.79 Å². The third kappa shape index (κ3) is 5.39. The molecule has 7 nitrogen and oxygen atoms in total. The van der Waals surface area contributed by atoms with E-state index in [4.69, 9.17) is 14.8 Å². The van der Waals surface area contributed by atoms with Gasteiger partial charge < -0.3 is 20.1 Å². The molecule has 31 heavy (non-hydrogen) atoms. The van der Waals surface area contributed by atoms with Crippen LogP contribution in [0.2, 0.25) is 0 Å². The number of nitrogen functional groups attached to an aromatic ring is 1. The predicted molar refractivity (Wildman–Crippen MR) is 128 cm³/mol. The first kappa shape index (κ1) is 22.7. The van der Waals surface area contributed by atoms with E-state index >= 15 is 0 Å². The molecule has 1 aromatic heterocycles. The molecule has 0 saturated carbocycles. The van der Waals surface area contributed by atoms with Crippen molar-refractivity contribution in [3.8, 4) is 11.3 Å². The fraction of sp³-hybridized carbons (Fsp3) is 0.217. The van der Waals surface area contributed by atoms with E-state index in [0.717, 1.165) is 16.4 Å². The van der Waals surface area contributed by atoms with Crippen molar-refractivity contribution in [1.29, 1.82) is 0 Å². The van der Waals surface area contributed by atoms with Crippen molar-refractivity contribution in [3.63, 3.8) is 0 Å². The van der Waals surface area contributed by atoms with Crippen LogP contribution in [0.3, 0.4) is 0 Å². The lowest BCUT2D eigenvalue weighted by Crippen LogP contribution is -2.18. The maximum Gasteiger partial charge on any atom is 0.278 e. The second-order valence-electron chi connectivity index (χ2n) is 6.87. The van der Waals surface area contributed by atoms with Crippen LogP contribution >= 0.6 is 7.34 Å². The number of nitrogens with one attached hydrogen (secondary N) is 1.